The number of nitrogens with zero attached hydrogens (tertiary/aromatic N) is 1. The van der Waals surface area contributed by atoms with Crippen LogP contribution in [-0.2, 0) is 4.74 Å². The molecule has 0 aliphatic carbocycles. The van der Waals surface area contributed by atoms with Crippen molar-refractivity contribution in [2.24, 2.45) is 16.8 Å². The van der Waals surface area contributed by atoms with Gasteiger partial charge < -0.3 is 9.26 Å². The Morgan fingerprint density at radius 2 is 1.40 bits per heavy atom. The molecule has 3 aromatic carbocycles. The predicted molar refractivity (Wildman–Crippen MR) is 126 cm³/mol. The summed E-state index contributed by atoms with van der Waals surface area (Å²) in [5, 5.41) is 2.35. The van der Waals surface area contributed by atoms with Crippen molar-refractivity contribution >= 4 is 24.7 Å². The first-order valence-corrected chi connectivity index (χ1v) is 11.8. The van der Waals surface area contributed by atoms with E-state index in [1.54, 1.807) is 0 Å². The van der Waals surface area contributed by atoms with Crippen molar-refractivity contribution < 1.29 is 9.26 Å². The van der Waals surface area contributed by atoms with Crippen molar-refractivity contribution in [1.29, 1.82) is 0 Å². The Bertz CT molecular complexity index is 949. The van der Waals surface area contributed by atoms with Crippen LogP contribution in [0.25, 0.3) is 0 Å². The number of ether oxygens (including phenoxy) is 1. The molecule has 0 aromatic heterocycles. The third-order valence-electron chi connectivity index (χ3n) is 5.62. The van der Waals surface area contributed by atoms with Gasteiger partial charge in [-0.15, -0.1) is 0 Å². The van der Waals surface area contributed by atoms with Crippen LogP contribution in [0.15, 0.2) is 89.9 Å². The third kappa shape index (κ3) is 4.57. The summed E-state index contributed by atoms with van der Waals surface area (Å²) < 4.78 is 12.7. The van der Waals surface area contributed by atoms with Gasteiger partial charge in [-0.25, -0.2) is 4.99 Å². The van der Waals surface area contributed by atoms with E-state index in [-0.39, 0.29) is 6.04 Å². The summed E-state index contributed by atoms with van der Waals surface area (Å²) in [6.45, 7) is 7.36. The van der Waals surface area contributed by atoms with E-state index in [9.17, 15) is 0 Å². The van der Waals surface area contributed by atoms with Crippen LogP contribution in [0.3, 0.4) is 0 Å². The Labute approximate surface area is 180 Å². The summed E-state index contributed by atoms with van der Waals surface area (Å²) >= 11 is 0. The molecule has 3 nitrogen and oxygen atoms in total. The maximum Gasteiger partial charge on any atom is 0.220 e. The Morgan fingerprint density at radius 1 is 0.833 bits per heavy atom. The quantitative estimate of drug-likeness (QED) is 0.472. The molecule has 0 amide bonds. The average molecular weight is 417 g/mol. The second kappa shape index (κ2) is 9.45. The van der Waals surface area contributed by atoms with E-state index in [0.717, 1.165) is 11.3 Å². The number of aliphatic imine (C=N–C) groups is 1. The van der Waals surface area contributed by atoms with Crippen LogP contribution in [0.5, 0.6) is 5.75 Å². The second-order valence-electron chi connectivity index (χ2n) is 7.97. The van der Waals surface area contributed by atoms with E-state index in [4.69, 9.17) is 14.3 Å². The normalized spacial score (nSPS) is 17.0. The van der Waals surface area contributed by atoms with E-state index in [1.165, 1.54) is 10.6 Å². The van der Waals surface area contributed by atoms with Gasteiger partial charge in [0.1, 0.15) is 12.4 Å². The van der Waals surface area contributed by atoms with E-state index in [2.05, 4.69) is 69.3 Å². The van der Waals surface area contributed by atoms with Gasteiger partial charge in [0.2, 0.25) is 5.90 Å². The highest BCUT2D eigenvalue weighted by Crippen LogP contribution is 2.39. The van der Waals surface area contributed by atoms with Gasteiger partial charge in [0.05, 0.1) is 11.6 Å². The Balaban J connectivity index is 1.67. The van der Waals surface area contributed by atoms with Gasteiger partial charge in [-0.3, -0.25) is 0 Å². The number of hydrogen-bond acceptors (Lipinski definition) is 3. The van der Waals surface area contributed by atoms with Gasteiger partial charge in [0, 0.05) is 10.6 Å². The molecule has 3 aromatic rings. The Morgan fingerprint density at radius 3 is 2.00 bits per heavy atom. The van der Waals surface area contributed by atoms with Crippen LogP contribution in [-0.4, -0.2) is 18.5 Å². The van der Waals surface area contributed by atoms with Gasteiger partial charge >= 0.3 is 0 Å². The van der Waals surface area contributed by atoms with Crippen LogP contribution >= 0.6 is 8.15 Å². The average Bonchev–Trinajstić information content (AvgIpc) is 3.28. The molecule has 0 saturated carbocycles. The van der Waals surface area contributed by atoms with Gasteiger partial charge in [-0.1, -0.05) is 93.6 Å². The lowest BCUT2D eigenvalue weighted by molar-refractivity contribution is 0.255. The molecule has 0 bridgehead atoms. The zero-order chi connectivity index (χ0) is 20.9. The molecule has 0 unspecified atom stereocenters. The topological polar surface area (TPSA) is 30.8 Å². The molecule has 30 heavy (non-hydrogen) atoms. The van der Waals surface area contributed by atoms with Gasteiger partial charge in [0.25, 0.3) is 0 Å². The number of hydrogen-bond donors (Lipinski definition) is 0. The first-order chi connectivity index (χ1) is 14.6. The minimum Gasteiger partial charge on any atom is -0.475 e. The highest BCUT2D eigenvalue weighted by Gasteiger charge is 2.29. The Hall–Kier alpha value is -2.64. The fourth-order valence-electron chi connectivity index (χ4n) is 3.45. The molecule has 0 radical (unpaired) electrons. The molecule has 2 atom stereocenters. The second-order valence-corrected chi connectivity index (χ2v) is 9.77. The Kier molecular flexibility index (Phi) is 6.50. The first-order valence-electron chi connectivity index (χ1n) is 10.5. The molecular formula is C26H28NO2P. The predicted octanol–water partition coefficient (Wildman–Crippen LogP) is 5.55. The van der Waals surface area contributed by atoms with Crippen LogP contribution in [0, 0.1) is 11.8 Å². The van der Waals surface area contributed by atoms with Crippen molar-refractivity contribution in [2.45, 2.75) is 26.8 Å². The summed E-state index contributed by atoms with van der Waals surface area (Å²) in [6, 6.07) is 29.1. The molecule has 1 aliphatic heterocycles. The van der Waals surface area contributed by atoms with E-state index >= 15 is 0 Å². The van der Waals surface area contributed by atoms with Crippen molar-refractivity contribution in [3.8, 4) is 5.75 Å². The van der Waals surface area contributed by atoms with E-state index < -0.39 is 8.15 Å². The van der Waals surface area contributed by atoms with E-state index in [0.29, 0.717) is 24.3 Å². The third-order valence-corrected chi connectivity index (χ3v) is 7.53. The number of rotatable bonds is 7. The van der Waals surface area contributed by atoms with Crippen molar-refractivity contribution in [1.82, 2.24) is 0 Å². The molecule has 1 aliphatic rings. The minimum absolute atomic E-state index is 0.192. The van der Waals surface area contributed by atoms with Gasteiger partial charge in [-0.05, 0) is 24.0 Å². The first kappa shape index (κ1) is 20.6. The molecule has 0 spiro atoms. The van der Waals surface area contributed by atoms with E-state index in [1.807, 2.05) is 36.4 Å². The maximum absolute atomic E-state index is 6.68. The molecule has 4 rings (SSSR count). The molecule has 1 heterocycles. The number of para-hydroxylation sites is 1. The lowest BCUT2D eigenvalue weighted by atomic mass is 9.91. The van der Waals surface area contributed by atoms with Crippen LogP contribution in [0.4, 0.5) is 0 Å². The maximum atomic E-state index is 6.68. The molecule has 0 fully saturated rings. The fraction of sp³-hybridized carbons (Fsp3) is 0.269. The monoisotopic (exact) mass is 417 g/mol. The highest BCUT2D eigenvalue weighted by atomic mass is 31.1. The summed E-state index contributed by atoms with van der Waals surface area (Å²) in [4.78, 5) is 4.91. The number of benzene rings is 3. The molecule has 154 valence electrons. The van der Waals surface area contributed by atoms with Crippen molar-refractivity contribution in [2.75, 3.05) is 6.61 Å². The van der Waals surface area contributed by atoms with Crippen molar-refractivity contribution in [3.05, 3.63) is 90.5 Å². The molecule has 4 heteroatoms. The SMILES string of the molecule is CC(C)[C@H](C)[C@H]1COC(c2ccccc2OP(c2ccccc2)c2ccccc2)=N1. The lowest BCUT2D eigenvalue weighted by Gasteiger charge is -2.21. The fourth-order valence-corrected chi connectivity index (χ4v) is 5.20. The van der Waals surface area contributed by atoms with Crippen LogP contribution < -0.4 is 15.1 Å². The van der Waals surface area contributed by atoms with Crippen LogP contribution in [0.1, 0.15) is 26.3 Å². The van der Waals surface area contributed by atoms with Crippen molar-refractivity contribution in [3.63, 3.8) is 0 Å². The van der Waals surface area contributed by atoms with Gasteiger partial charge in [0.15, 0.2) is 8.15 Å². The summed E-state index contributed by atoms with van der Waals surface area (Å²) in [6.07, 6.45) is 0. The summed E-state index contributed by atoms with van der Waals surface area (Å²) in [5.41, 5.74) is 0.926. The zero-order valence-corrected chi connectivity index (χ0v) is 18.6. The van der Waals surface area contributed by atoms with Crippen LogP contribution in [0.2, 0.25) is 0 Å². The minimum atomic E-state index is -1.00. The summed E-state index contributed by atoms with van der Waals surface area (Å²) in [7, 11) is -1.00. The standard InChI is InChI=1S/C26H28NO2P/c1-19(2)20(3)24-18-28-26(27-24)23-16-10-11-17-25(23)29-30(21-12-6-4-7-13-21)22-14-8-5-9-15-22/h4-17,19-20,24H,18H2,1-3H3/t20-,24+/m0/s1. The summed E-state index contributed by atoms with van der Waals surface area (Å²) in [5.74, 6) is 2.55. The lowest BCUT2D eigenvalue weighted by Crippen LogP contribution is -2.21. The highest BCUT2D eigenvalue weighted by molar-refractivity contribution is 7.68. The molecule has 0 saturated heterocycles. The molecule has 0 N–H and O–H groups in total. The molecular weight excluding hydrogens is 389 g/mol. The smallest absolute Gasteiger partial charge is 0.220 e. The van der Waals surface area contributed by atoms with Gasteiger partial charge in [-0.2, -0.15) is 0 Å². The largest absolute Gasteiger partial charge is 0.475 e. The zero-order valence-electron chi connectivity index (χ0n) is 17.7.